The van der Waals surface area contributed by atoms with Gasteiger partial charge in [-0.15, -0.1) is 0 Å². The summed E-state index contributed by atoms with van der Waals surface area (Å²) in [4.78, 5) is 44.9. The second kappa shape index (κ2) is 12.7. The fraction of sp³-hybridized carbons (Fsp3) is 0.516. The minimum absolute atomic E-state index is 0.0257. The van der Waals surface area contributed by atoms with E-state index in [0.29, 0.717) is 63.4 Å². The third kappa shape index (κ3) is 7.06. The van der Waals surface area contributed by atoms with Gasteiger partial charge in [0.1, 0.15) is 12.3 Å². The van der Waals surface area contributed by atoms with Gasteiger partial charge in [0.2, 0.25) is 11.8 Å². The molecule has 0 radical (unpaired) electrons. The molecule has 3 atom stereocenters. The minimum Gasteiger partial charge on any atom is -0.493 e. The number of carbonyl (C=O) groups is 3. The van der Waals surface area contributed by atoms with E-state index in [4.69, 9.17) is 4.74 Å². The van der Waals surface area contributed by atoms with Gasteiger partial charge in [0.05, 0.1) is 24.8 Å². The molecule has 2 saturated heterocycles. The summed E-state index contributed by atoms with van der Waals surface area (Å²) in [5.74, 6) is -0.0360. The molecule has 3 amide bonds. The normalized spacial score (nSPS) is 23.8. The number of benzene rings is 2. The molecular formula is C31H36F3N3O5. The van der Waals surface area contributed by atoms with Crippen LogP contribution in [0.3, 0.4) is 0 Å². The van der Waals surface area contributed by atoms with Crippen LogP contribution < -0.4 is 4.74 Å². The smallest absolute Gasteiger partial charge is 0.416 e. The summed E-state index contributed by atoms with van der Waals surface area (Å²) in [6.45, 7) is 2.05. The Morgan fingerprint density at radius 3 is 2.40 bits per heavy atom. The molecule has 2 bridgehead atoms. The largest absolute Gasteiger partial charge is 0.493 e. The first kappa shape index (κ1) is 29.9. The van der Waals surface area contributed by atoms with Crippen molar-refractivity contribution in [2.75, 3.05) is 39.3 Å². The SMILES string of the molecule is O=C(C[C@@H]1CCN2C[C@@H]1CCCOc1ccccc1CN(C(=O)c1ccc(C(F)(F)F)cc1)CC2=O)N1CC[C@@H](O)C1. The summed E-state index contributed by atoms with van der Waals surface area (Å²) in [7, 11) is 0. The number of ether oxygens (including phenoxy) is 1. The molecule has 0 aromatic heterocycles. The van der Waals surface area contributed by atoms with Crippen molar-refractivity contribution in [3.05, 3.63) is 65.2 Å². The highest BCUT2D eigenvalue weighted by molar-refractivity contribution is 5.96. The molecule has 0 saturated carbocycles. The maximum atomic E-state index is 13.6. The maximum absolute atomic E-state index is 13.6. The Kier molecular flexibility index (Phi) is 9.05. The van der Waals surface area contributed by atoms with Gasteiger partial charge in [-0.3, -0.25) is 14.4 Å². The lowest BCUT2D eigenvalue weighted by molar-refractivity contribution is -0.138. The van der Waals surface area contributed by atoms with Crippen molar-refractivity contribution >= 4 is 17.7 Å². The monoisotopic (exact) mass is 587 g/mol. The van der Waals surface area contributed by atoms with Crippen molar-refractivity contribution in [1.29, 1.82) is 0 Å². The number of piperidine rings is 1. The van der Waals surface area contributed by atoms with E-state index < -0.39 is 23.8 Å². The lowest BCUT2D eigenvalue weighted by atomic mass is 9.80. The number of aliphatic hydroxyl groups excluding tert-OH is 1. The number of likely N-dealkylation sites (tertiary alicyclic amines) is 1. The average Bonchev–Trinajstić information content (AvgIpc) is 3.41. The van der Waals surface area contributed by atoms with Gasteiger partial charge in [0, 0.05) is 43.7 Å². The maximum Gasteiger partial charge on any atom is 0.416 e. The standard InChI is InChI=1S/C31H36F3N3O5/c32-31(33,34)25-9-7-21(8-10-25)30(41)37-18-24-4-1-2-6-27(24)42-15-3-5-23-17-35(29(40)20-37)13-11-22(23)16-28(39)36-14-12-26(38)19-36/h1-2,4,6-10,22-23,26,38H,3,5,11-20H2/t22-,23-,26+/m0/s1. The molecule has 8 nitrogen and oxygen atoms in total. The predicted octanol–water partition coefficient (Wildman–Crippen LogP) is 3.97. The molecule has 0 spiro atoms. The number of fused-ring (bicyclic) bond motifs is 3. The van der Waals surface area contributed by atoms with Crippen molar-refractivity contribution in [2.24, 2.45) is 11.8 Å². The van der Waals surface area contributed by atoms with Gasteiger partial charge in [0.25, 0.3) is 5.91 Å². The molecule has 3 aliphatic rings. The van der Waals surface area contributed by atoms with Crippen LogP contribution in [-0.2, 0) is 22.3 Å². The number of hydrogen-bond acceptors (Lipinski definition) is 5. The Morgan fingerprint density at radius 2 is 1.69 bits per heavy atom. The molecule has 11 heteroatoms. The van der Waals surface area contributed by atoms with Crippen molar-refractivity contribution in [2.45, 2.75) is 50.9 Å². The topological polar surface area (TPSA) is 90.4 Å². The molecule has 2 fully saturated rings. The number of amides is 3. The van der Waals surface area contributed by atoms with E-state index in [1.54, 1.807) is 21.9 Å². The van der Waals surface area contributed by atoms with Crippen molar-refractivity contribution in [3.8, 4) is 5.75 Å². The second-order valence-electron chi connectivity index (χ2n) is 11.5. The second-order valence-corrected chi connectivity index (χ2v) is 11.5. The number of para-hydroxylation sites is 1. The zero-order valence-electron chi connectivity index (χ0n) is 23.4. The lowest BCUT2D eigenvalue weighted by Crippen LogP contribution is -2.49. The van der Waals surface area contributed by atoms with E-state index in [0.717, 1.165) is 37.1 Å². The van der Waals surface area contributed by atoms with Crippen LogP contribution in [0.4, 0.5) is 13.2 Å². The number of rotatable bonds is 3. The first-order valence-corrected chi connectivity index (χ1v) is 14.5. The quantitative estimate of drug-likeness (QED) is 0.587. The first-order valence-electron chi connectivity index (χ1n) is 14.5. The van der Waals surface area contributed by atoms with Gasteiger partial charge in [-0.05, 0) is 67.9 Å². The van der Waals surface area contributed by atoms with Gasteiger partial charge >= 0.3 is 6.18 Å². The molecule has 3 heterocycles. The average molecular weight is 588 g/mol. The van der Waals surface area contributed by atoms with Crippen LogP contribution in [-0.4, -0.2) is 83.0 Å². The molecule has 2 aromatic carbocycles. The highest BCUT2D eigenvalue weighted by atomic mass is 19.4. The van der Waals surface area contributed by atoms with Crippen LogP contribution in [0, 0.1) is 11.8 Å². The highest BCUT2D eigenvalue weighted by Gasteiger charge is 2.36. The van der Waals surface area contributed by atoms with Crippen molar-refractivity contribution in [3.63, 3.8) is 0 Å². The van der Waals surface area contributed by atoms with Crippen LogP contribution in [0.15, 0.2) is 48.5 Å². The number of halogens is 3. The fourth-order valence-electron chi connectivity index (χ4n) is 6.18. The number of carbonyl (C=O) groups excluding carboxylic acids is 3. The fourth-order valence-corrected chi connectivity index (χ4v) is 6.18. The summed E-state index contributed by atoms with van der Waals surface area (Å²) in [6.07, 6.45) is -1.92. The number of alkyl halides is 3. The number of nitrogens with zero attached hydrogens (tertiary/aromatic N) is 3. The third-order valence-corrected chi connectivity index (χ3v) is 8.58. The van der Waals surface area contributed by atoms with Crippen LogP contribution in [0.25, 0.3) is 0 Å². The van der Waals surface area contributed by atoms with E-state index >= 15 is 0 Å². The zero-order chi connectivity index (χ0) is 29.9. The molecule has 3 aliphatic heterocycles. The molecule has 0 unspecified atom stereocenters. The van der Waals surface area contributed by atoms with Gasteiger partial charge < -0.3 is 24.5 Å². The summed E-state index contributed by atoms with van der Waals surface area (Å²) in [5, 5.41) is 9.85. The molecule has 42 heavy (non-hydrogen) atoms. The Balaban J connectivity index is 1.36. The van der Waals surface area contributed by atoms with Crippen LogP contribution in [0.5, 0.6) is 5.75 Å². The van der Waals surface area contributed by atoms with Crippen molar-refractivity contribution < 1.29 is 37.4 Å². The molecule has 2 aromatic rings. The third-order valence-electron chi connectivity index (χ3n) is 8.58. The first-order chi connectivity index (χ1) is 20.1. The number of aliphatic hydroxyl groups is 1. The number of hydrogen-bond donors (Lipinski definition) is 1. The number of β-amino-alcohol motifs (C(OH)–C–C–N with tert-alkyl or cyclic N) is 1. The summed E-state index contributed by atoms with van der Waals surface area (Å²) >= 11 is 0. The summed E-state index contributed by atoms with van der Waals surface area (Å²) in [5.41, 5.74) is -0.105. The van der Waals surface area contributed by atoms with Gasteiger partial charge in [0.15, 0.2) is 0 Å². The molecule has 5 rings (SSSR count). The summed E-state index contributed by atoms with van der Waals surface area (Å²) in [6, 6.07) is 11.2. The van der Waals surface area contributed by atoms with E-state index in [1.807, 2.05) is 12.1 Å². The Labute approximate surface area is 243 Å². The highest BCUT2D eigenvalue weighted by Crippen LogP contribution is 2.33. The van der Waals surface area contributed by atoms with E-state index in [2.05, 4.69) is 0 Å². The Hall–Kier alpha value is -3.60. The molecule has 226 valence electrons. The molecule has 0 aliphatic carbocycles. The van der Waals surface area contributed by atoms with Crippen LogP contribution in [0.2, 0.25) is 0 Å². The van der Waals surface area contributed by atoms with Crippen LogP contribution in [0.1, 0.15) is 53.6 Å². The van der Waals surface area contributed by atoms with Crippen molar-refractivity contribution in [1.82, 2.24) is 14.7 Å². The minimum atomic E-state index is -4.53. The molecular weight excluding hydrogens is 551 g/mol. The van der Waals surface area contributed by atoms with E-state index in [1.165, 1.54) is 4.90 Å². The van der Waals surface area contributed by atoms with E-state index in [9.17, 15) is 32.7 Å². The zero-order valence-corrected chi connectivity index (χ0v) is 23.4. The van der Waals surface area contributed by atoms with E-state index in [-0.39, 0.29) is 42.3 Å². The Bertz CT molecular complexity index is 1290. The Morgan fingerprint density at radius 1 is 0.929 bits per heavy atom. The van der Waals surface area contributed by atoms with Gasteiger partial charge in [-0.1, -0.05) is 18.2 Å². The predicted molar refractivity (Wildman–Crippen MR) is 147 cm³/mol. The van der Waals surface area contributed by atoms with Gasteiger partial charge in [-0.25, -0.2) is 0 Å². The van der Waals surface area contributed by atoms with Crippen LogP contribution >= 0.6 is 0 Å². The lowest BCUT2D eigenvalue weighted by Gasteiger charge is -2.39. The molecule has 1 N–H and O–H groups in total. The summed E-state index contributed by atoms with van der Waals surface area (Å²) < 4.78 is 45.4. The van der Waals surface area contributed by atoms with Gasteiger partial charge in [-0.2, -0.15) is 13.2 Å².